The van der Waals surface area contributed by atoms with Crippen LogP contribution in [-0.2, 0) is 6.42 Å². The van der Waals surface area contributed by atoms with Crippen molar-refractivity contribution in [1.82, 2.24) is 0 Å². The Morgan fingerprint density at radius 2 is 2.04 bits per heavy atom. The molecule has 1 heterocycles. The number of benzene rings is 1. The average Bonchev–Trinajstić information content (AvgIpc) is 2.60. The highest BCUT2D eigenvalue weighted by molar-refractivity contribution is 5.53. The van der Waals surface area contributed by atoms with E-state index in [1.54, 1.807) is 0 Å². The molecule has 0 spiro atoms. The molecule has 2 heteroatoms. The van der Waals surface area contributed by atoms with E-state index in [9.17, 15) is 0 Å². The lowest BCUT2D eigenvalue weighted by atomic mass is 9.67. The molecule has 0 bridgehead atoms. The van der Waals surface area contributed by atoms with Crippen LogP contribution in [0.3, 0.4) is 0 Å². The Labute approximate surface area is 166 Å². The molecule has 1 aromatic rings. The third-order valence-corrected chi connectivity index (χ3v) is 6.65. The normalized spacial score (nSPS) is 24.3. The van der Waals surface area contributed by atoms with E-state index in [1.807, 2.05) is 7.11 Å². The highest BCUT2D eigenvalue weighted by Crippen LogP contribution is 2.54. The maximum atomic E-state index is 6.58. The van der Waals surface area contributed by atoms with Gasteiger partial charge in [-0.05, 0) is 63.6 Å². The molecule has 2 nitrogen and oxygen atoms in total. The molecule has 0 aromatic heterocycles. The minimum absolute atomic E-state index is 0.134. The number of ether oxygens (including phenoxy) is 2. The van der Waals surface area contributed by atoms with Gasteiger partial charge in [-0.1, -0.05) is 51.2 Å². The molecule has 150 valence electrons. The molecular formula is C25H38O2. The highest BCUT2D eigenvalue weighted by Gasteiger charge is 2.45. The lowest BCUT2D eigenvalue weighted by molar-refractivity contribution is 0.00748. The molecule has 3 atom stereocenters. The van der Waals surface area contributed by atoms with Gasteiger partial charge >= 0.3 is 0 Å². The van der Waals surface area contributed by atoms with Crippen molar-refractivity contribution in [3.05, 3.63) is 34.9 Å². The number of methoxy groups -OCH3 is 1. The first-order chi connectivity index (χ1) is 12.9. The number of fused-ring (bicyclic) bond motifs is 3. The van der Waals surface area contributed by atoms with Gasteiger partial charge in [-0.15, -0.1) is 0 Å². The maximum absolute atomic E-state index is 6.58. The molecule has 0 unspecified atom stereocenters. The largest absolute Gasteiger partial charge is 0.496 e. The van der Waals surface area contributed by atoms with Gasteiger partial charge in [0, 0.05) is 17.4 Å². The van der Waals surface area contributed by atoms with Crippen molar-refractivity contribution < 1.29 is 9.47 Å². The van der Waals surface area contributed by atoms with Gasteiger partial charge in [0.25, 0.3) is 0 Å². The van der Waals surface area contributed by atoms with Crippen molar-refractivity contribution in [2.24, 2.45) is 11.8 Å². The number of allylic oxidation sites excluding steroid dienone is 2. The van der Waals surface area contributed by atoms with Gasteiger partial charge in [-0.3, -0.25) is 0 Å². The lowest BCUT2D eigenvalue weighted by Crippen LogP contribution is -2.45. The Hall–Kier alpha value is -1.44. The minimum Gasteiger partial charge on any atom is -0.496 e. The fraction of sp³-hybridized carbons (Fsp3) is 0.680. The van der Waals surface area contributed by atoms with Crippen molar-refractivity contribution in [1.29, 1.82) is 0 Å². The third-order valence-electron chi connectivity index (χ3n) is 6.65. The molecule has 1 aliphatic heterocycles. The minimum atomic E-state index is -0.134. The molecular weight excluding hydrogens is 332 g/mol. The summed E-state index contributed by atoms with van der Waals surface area (Å²) >= 11 is 0. The molecule has 0 amide bonds. The Morgan fingerprint density at radius 1 is 1.26 bits per heavy atom. The predicted molar refractivity (Wildman–Crippen MR) is 114 cm³/mol. The van der Waals surface area contributed by atoms with Gasteiger partial charge < -0.3 is 9.47 Å². The molecule has 0 radical (unpaired) electrons. The lowest BCUT2D eigenvalue weighted by Gasteiger charge is -2.47. The molecule has 1 aliphatic carbocycles. The van der Waals surface area contributed by atoms with Gasteiger partial charge in [0.05, 0.1) is 7.11 Å². The Morgan fingerprint density at radius 3 is 2.74 bits per heavy atom. The summed E-state index contributed by atoms with van der Waals surface area (Å²) in [6.07, 6.45) is 11.0. The van der Waals surface area contributed by atoms with Crippen LogP contribution >= 0.6 is 0 Å². The van der Waals surface area contributed by atoms with Gasteiger partial charge in [-0.2, -0.15) is 0 Å². The molecule has 0 saturated carbocycles. The van der Waals surface area contributed by atoms with Crippen molar-refractivity contribution in [3.63, 3.8) is 0 Å². The summed E-state index contributed by atoms with van der Waals surface area (Å²) in [6, 6.07) is 4.58. The molecule has 2 aliphatic rings. The Kier molecular flexibility index (Phi) is 6.23. The fourth-order valence-corrected chi connectivity index (χ4v) is 5.13. The topological polar surface area (TPSA) is 18.5 Å². The van der Waals surface area contributed by atoms with Crippen LogP contribution in [0.15, 0.2) is 23.8 Å². The molecule has 0 saturated heterocycles. The van der Waals surface area contributed by atoms with Crippen LogP contribution < -0.4 is 9.47 Å². The standard InChI is InChI=1S/C25H38O2/c1-7-8-9-10-17(2)13-19-15-22(26-6)24-20-14-18(3)11-12-21(20)25(4,5)27-23(24)16-19/h11,15-17,20-21H,7-10,12-14H2,1-6H3/t17-,20+,21+/m0/s1. The van der Waals surface area contributed by atoms with Crippen LogP contribution in [0.2, 0.25) is 0 Å². The van der Waals surface area contributed by atoms with Crippen molar-refractivity contribution >= 4 is 0 Å². The zero-order chi connectivity index (χ0) is 19.6. The van der Waals surface area contributed by atoms with E-state index in [2.05, 4.69) is 52.8 Å². The second-order valence-corrected chi connectivity index (χ2v) is 9.42. The van der Waals surface area contributed by atoms with Crippen molar-refractivity contribution in [2.45, 2.75) is 91.1 Å². The zero-order valence-corrected chi connectivity index (χ0v) is 18.2. The second kappa shape index (κ2) is 8.29. The summed E-state index contributed by atoms with van der Waals surface area (Å²) in [4.78, 5) is 0. The van der Waals surface area contributed by atoms with Crippen LogP contribution in [0.1, 0.15) is 90.2 Å². The highest BCUT2D eigenvalue weighted by atomic mass is 16.5. The predicted octanol–water partition coefficient (Wildman–Crippen LogP) is 7.07. The van der Waals surface area contributed by atoms with Gasteiger partial charge in [0.1, 0.15) is 17.1 Å². The monoisotopic (exact) mass is 370 g/mol. The number of hydrogen-bond donors (Lipinski definition) is 0. The van der Waals surface area contributed by atoms with Crippen molar-refractivity contribution in [2.75, 3.05) is 7.11 Å². The first-order valence-corrected chi connectivity index (χ1v) is 10.9. The van der Waals surface area contributed by atoms with Crippen LogP contribution in [0.25, 0.3) is 0 Å². The van der Waals surface area contributed by atoms with Gasteiger partial charge in [-0.25, -0.2) is 0 Å². The SMILES string of the molecule is CCCCC[C@H](C)Cc1cc(OC)c2c(c1)OC(C)(C)[C@@H]1CC=C(C)C[C@@H]21. The summed E-state index contributed by atoms with van der Waals surface area (Å²) in [5, 5.41) is 0. The summed E-state index contributed by atoms with van der Waals surface area (Å²) in [6.45, 7) is 11.4. The van der Waals surface area contributed by atoms with Crippen LogP contribution in [0.5, 0.6) is 11.5 Å². The average molecular weight is 371 g/mol. The van der Waals surface area contributed by atoms with Crippen molar-refractivity contribution in [3.8, 4) is 11.5 Å². The van der Waals surface area contributed by atoms with Gasteiger partial charge in [0.15, 0.2) is 0 Å². The number of unbranched alkanes of at least 4 members (excludes halogenated alkanes) is 2. The summed E-state index contributed by atoms with van der Waals surface area (Å²) in [5.41, 5.74) is 4.02. The first kappa shape index (κ1) is 20.3. The second-order valence-electron chi connectivity index (χ2n) is 9.42. The van der Waals surface area contributed by atoms with Crippen LogP contribution in [0.4, 0.5) is 0 Å². The molecule has 0 N–H and O–H groups in total. The molecule has 27 heavy (non-hydrogen) atoms. The van der Waals surface area contributed by atoms with E-state index in [-0.39, 0.29) is 5.60 Å². The van der Waals surface area contributed by atoms with Gasteiger partial charge in [0.2, 0.25) is 0 Å². The third kappa shape index (κ3) is 4.36. The first-order valence-electron chi connectivity index (χ1n) is 10.9. The van der Waals surface area contributed by atoms with E-state index in [1.165, 1.54) is 42.4 Å². The fourth-order valence-electron chi connectivity index (χ4n) is 5.13. The summed E-state index contributed by atoms with van der Waals surface area (Å²) in [5.74, 6) is 3.80. The van der Waals surface area contributed by atoms with E-state index in [0.717, 1.165) is 30.8 Å². The maximum Gasteiger partial charge on any atom is 0.127 e. The van der Waals surface area contributed by atoms with E-state index in [0.29, 0.717) is 17.8 Å². The Bertz CT molecular complexity index is 686. The summed E-state index contributed by atoms with van der Waals surface area (Å²) < 4.78 is 12.5. The zero-order valence-electron chi connectivity index (χ0n) is 18.2. The molecule has 1 aromatic carbocycles. The van der Waals surface area contributed by atoms with E-state index >= 15 is 0 Å². The summed E-state index contributed by atoms with van der Waals surface area (Å²) in [7, 11) is 1.81. The smallest absolute Gasteiger partial charge is 0.127 e. The Balaban J connectivity index is 1.90. The number of rotatable bonds is 7. The number of hydrogen-bond acceptors (Lipinski definition) is 2. The van der Waals surface area contributed by atoms with Crippen LogP contribution in [-0.4, -0.2) is 12.7 Å². The van der Waals surface area contributed by atoms with E-state index < -0.39 is 0 Å². The quantitative estimate of drug-likeness (QED) is 0.377. The van der Waals surface area contributed by atoms with Crippen LogP contribution in [0, 0.1) is 11.8 Å². The van der Waals surface area contributed by atoms with E-state index in [4.69, 9.17) is 9.47 Å². The molecule has 0 fully saturated rings. The molecule has 3 rings (SSSR count).